The van der Waals surface area contributed by atoms with E-state index in [1.54, 1.807) is 12.1 Å². The van der Waals surface area contributed by atoms with E-state index in [-0.39, 0.29) is 11.8 Å². The molecule has 0 bridgehead atoms. The minimum Gasteiger partial charge on any atom is -0.454 e. The van der Waals surface area contributed by atoms with Crippen molar-refractivity contribution in [2.45, 2.75) is 18.9 Å². The first-order chi connectivity index (χ1) is 12.5. The number of nitrogen functional groups attached to an aromatic ring is 1. The van der Waals surface area contributed by atoms with E-state index in [2.05, 4.69) is 17.5 Å². The highest BCUT2D eigenvalue weighted by molar-refractivity contribution is 5.84. The maximum atomic E-state index is 14.0. The van der Waals surface area contributed by atoms with Crippen LogP contribution in [0.4, 0.5) is 14.5 Å². The molecule has 3 nitrogen and oxygen atoms in total. The van der Waals surface area contributed by atoms with Crippen molar-refractivity contribution in [1.82, 2.24) is 5.32 Å². The molecule has 0 spiro atoms. The second-order valence-corrected chi connectivity index (χ2v) is 6.74. The van der Waals surface area contributed by atoms with Crippen LogP contribution >= 0.6 is 0 Å². The molecular weight excluding hydrogens is 334 g/mol. The highest BCUT2D eigenvalue weighted by Crippen LogP contribution is 2.44. The van der Waals surface area contributed by atoms with Crippen LogP contribution < -0.4 is 15.8 Å². The van der Waals surface area contributed by atoms with Gasteiger partial charge in [-0.3, -0.25) is 0 Å². The molecule has 1 atom stereocenters. The molecule has 0 amide bonds. The van der Waals surface area contributed by atoms with Crippen LogP contribution in [0.25, 0.3) is 5.57 Å². The third-order valence-electron chi connectivity index (χ3n) is 4.82. The summed E-state index contributed by atoms with van der Waals surface area (Å²) in [5.74, 6) is -0.289. The van der Waals surface area contributed by atoms with Gasteiger partial charge >= 0.3 is 0 Å². The lowest BCUT2D eigenvalue weighted by molar-refractivity contribution is 0.437. The highest BCUT2D eigenvalue weighted by Gasteiger charge is 2.33. The molecule has 5 heteroatoms. The summed E-state index contributed by atoms with van der Waals surface area (Å²) in [5.41, 5.74) is 9.73. The number of hydrogen-bond acceptors (Lipinski definition) is 3. The molecule has 0 radical (unpaired) electrons. The molecule has 2 aliphatic rings. The van der Waals surface area contributed by atoms with Crippen molar-refractivity contribution in [1.29, 1.82) is 0 Å². The zero-order chi connectivity index (χ0) is 18.3. The number of allylic oxidation sites excluding steroid dienone is 2. The normalized spacial score (nSPS) is 19.3. The summed E-state index contributed by atoms with van der Waals surface area (Å²) < 4.78 is 32.9. The maximum absolute atomic E-state index is 14.0. The lowest BCUT2D eigenvalue weighted by Gasteiger charge is -2.13. The lowest BCUT2D eigenvalue weighted by atomic mass is 10.0. The third kappa shape index (κ3) is 3.22. The minimum absolute atomic E-state index is 0.0208. The first-order valence-corrected chi connectivity index (χ1v) is 8.68. The van der Waals surface area contributed by atoms with Crippen molar-refractivity contribution >= 4 is 11.3 Å². The van der Waals surface area contributed by atoms with Crippen LogP contribution in [0.1, 0.15) is 18.4 Å². The van der Waals surface area contributed by atoms with Crippen LogP contribution in [0.15, 0.2) is 54.1 Å². The fraction of sp³-hybridized carbons (Fsp3) is 0.238. The molecule has 3 N–H and O–H groups in total. The average Bonchev–Trinajstić information content (AvgIpc) is 3.37. The van der Waals surface area contributed by atoms with E-state index in [4.69, 9.17) is 10.5 Å². The molecule has 0 heterocycles. The summed E-state index contributed by atoms with van der Waals surface area (Å²) in [6.45, 7) is 0. The van der Waals surface area contributed by atoms with Crippen molar-refractivity contribution in [3.63, 3.8) is 0 Å². The van der Waals surface area contributed by atoms with Gasteiger partial charge in [-0.25, -0.2) is 8.78 Å². The van der Waals surface area contributed by atoms with Crippen molar-refractivity contribution in [3.8, 4) is 11.5 Å². The van der Waals surface area contributed by atoms with E-state index in [9.17, 15) is 8.78 Å². The van der Waals surface area contributed by atoms with Gasteiger partial charge in [0.25, 0.3) is 0 Å². The molecule has 2 aromatic rings. The van der Waals surface area contributed by atoms with Crippen molar-refractivity contribution < 1.29 is 13.5 Å². The fourth-order valence-electron chi connectivity index (χ4n) is 3.34. The number of halogens is 2. The number of benzene rings is 2. The maximum Gasteiger partial charge on any atom is 0.168 e. The predicted molar refractivity (Wildman–Crippen MR) is 98.9 cm³/mol. The summed E-state index contributed by atoms with van der Waals surface area (Å²) >= 11 is 0. The minimum atomic E-state index is -0.740. The Labute approximate surface area is 151 Å². The second kappa shape index (κ2) is 6.57. The van der Waals surface area contributed by atoms with Gasteiger partial charge in [-0.15, -0.1) is 0 Å². The van der Waals surface area contributed by atoms with Crippen LogP contribution in [0, 0.1) is 17.6 Å². The Morgan fingerprint density at radius 1 is 1.08 bits per heavy atom. The molecule has 2 aromatic carbocycles. The largest absolute Gasteiger partial charge is 0.454 e. The Balaban J connectivity index is 1.71. The van der Waals surface area contributed by atoms with Crippen molar-refractivity contribution in [3.05, 3.63) is 71.3 Å². The average molecular weight is 354 g/mol. The number of ether oxygens (including phenoxy) is 1. The summed E-state index contributed by atoms with van der Waals surface area (Å²) in [4.78, 5) is 0. The molecule has 2 aliphatic carbocycles. The molecule has 1 unspecified atom stereocenters. The molecule has 26 heavy (non-hydrogen) atoms. The third-order valence-corrected chi connectivity index (χ3v) is 4.82. The molecular formula is C21H20F2N2O. The Bertz CT molecular complexity index is 916. The summed E-state index contributed by atoms with van der Waals surface area (Å²) in [7, 11) is 1.94. The molecule has 1 saturated carbocycles. The molecule has 134 valence electrons. The van der Waals surface area contributed by atoms with Gasteiger partial charge in [0.1, 0.15) is 11.6 Å². The second-order valence-electron chi connectivity index (χ2n) is 6.74. The Morgan fingerprint density at radius 2 is 1.85 bits per heavy atom. The highest BCUT2D eigenvalue weighted by atomic mass is 19.1. The van der Waals surface area contributed by atoms with E-state index < -0.39 is 11.6 Å². The molecule has 0 aliphatic heterocycles. The number of likely N-dealkylation sites (N-methyl/N-ethyl adjacent to an activating group) is 1. The zero-order valence-corrected chi connectivity index (χ0v) is 14.4. The van der Waals surface area contributed by atoms with Crippen LogP contribution in [-0.2, 0) is 0 Å². The first kappa shape index (κ1) is 16.8. The number of nitrogens with two attached hydrogens (primary N) is 1. The first-order valence-electron chi connectivity index (χ1n) is 8.68. The summed E-state index contributed by atoms with van der Waals surface area (Å²) in [5, 5.41) is 3.32. The number of nitrogens with one attached hydrogen (secondary N) is 1. The van der Waals surface area contributed by atoms with Crippen molar-refractivity contribution in [2.75, 3.05) is 12.8 Å². The van der Waals surface area contributed by atoms with Crippen LogP contribution in [0.2, 0.25) is 0 Å². The topological polar surface area (TPSA) is 47.3 Å². The van der Waals surface area contributed by atoms with Gasteiger partial charge in [-0.05, 0) is 67.3 Å². The van der Waals surface area contributed by atoms with Gasteiger partial charge in [-0.1, -0.05) is 12.2 Å². The van der Waals surface area contributed by atoms with Gasteiger partial charge < -0.3 is 15.8 Å². The summed E-state index contributed by atoms with van der Waals surface area (Å²) in [6.07, 6.45) is 6.73. The summed E-state index contributed by atoms with van der Waals surface area (Å²) in [6, 6.07) is 8.70. The molecule has 4 rings (SSSR count). The lowest BCUT2D eigenvalue weighted by Crippen LogP contribution is -2.23. The van der Waals surface area contributed by atoms with Gasteiger partial charge in [-0.2, -0.15) is 0 Å². The zero-order valence-electron chi connectivity index (χ0n) is 14.4. The van der Waals surface area contributed by atoms with Crippen LogP contribution in [0.3, 0.4) is 0 Å². The standard InChI is InChI=1S/C21H20F2N2O/c1-25-19-9-13(8-16(19)12-2-3-12)17-11-15(24)5-7-20(17)26-21-6-4-14(22)10-18(21)23/h4-12,19,25H,2-3,24H2,1H3. The number of anilines is 1. The van der Waals surface area contributed by atoms with E-state index >= 15 is 0 Å². The predicted octanol–water partition coefficient (Wildman–Crippen LogP) is 4.66. The number of rotatable bonds is 5. The van der Waals surface area contributed by atoms with E-state index in [1.807, 2.05) is 13.1 Å². The smallest absolute Gasteiger partial charge is 0.168 e. The van der Waals surface area contributed by atoms with E-state index in [1.165, 1.54) is 30.5 Å². The monoisotopic (exact) mass is 354 g/mol. The van der Waals surface area contributed by atoms with Crippen LogP contribution in [0.5, 0.6) is 11.5 Å². The number of hydrogen-bond donors (Lipinski definition) is 2. The van der Waals surface area contributed by atoms with E-state index in [0.717, 1.165) is 17.2 Å². The van der Waals surface area contributed by atoms with Crippen molar-refractivity contribution in [2.24, 2.45) is 5.92 Å². The quantitative estimate of drug-likeness (QED) is 0.768. The molecule has 0 aromatic heterocycles. The van der Waals surface area contributed by atoms with Gasteiger partial charge in [0.2, 0.25) is 0 Å². The fourth-order valence-corrected chi connectivity index (χ4v) is 3.34. The van der Waals surface area contributed by atoms with Gasteiger partial charge in [0.05, 0.1) is 0 Å². The molecule has 0 saturated heterocycles. The SMILES string of the molecule is CNC1C=C(c2cc(N)ccc2Oc2ccc(F)cc2F)C=C1C1CC1. The van der Waals surface area contributed by atoms with Gasteiger partial charge in [0, 0.05) is 23.4 Å². The Hall–Kier alpha value is -2.66. The Kier molecular flexibility index (Phi) is 4.24. The van der Waals surface area contributed by atoms with Crippen LogP contribution in [-0.4, -0.2) is 13.1 Å². The van der Waals surface area contributed by atoms with E-state index in [0.29, 0.717) is 17.4 Å². The van der Waals surface area contributed by atoms with Gasteiger partial charge in [0.15, 0.2) is 11.6 Å². The molecule has 1 fully saturated rings. The Morgan fingerprint density at radius 3 is 2.54 bits per heavy atom.